The number of nitrogens with one attached hydrogen (secondary N) is 2. The molecule has 1 aromatic carbocycles. The Bertz CT molecular complexity index is 1250. The number of aromatic nitrogens is 4. The lowest BCUT2D eigenvalue weighted by Gasteiger charge is -2.11. The van der Waals surface area contributed by atoms with Gasteiger partial charge in [0.1, 0.15) is 0 Å². The minimum atomic E-state index is -0.211. The van der Waals surface area contributed by atoms with E-state index >= 15 is 0 Å². The molecule has 0 saturated carbocycles. The van der Waals surface area contributed by atoms with Crippen LogP contribution in [0.25, 0.3) is 5.78 Å². The van der Waals surface area contributed by atoms with Crippen molar-refractivity contribution < 1.29 is 9.59 Å². The highest BCUT2D eigenvalue weighted by molar-refractivity contribution is 7.12. The standard InChI is InChI=1S/C20H19N7O2S/c1-11-15(12(2)27-20(22-11)25-19(21)26-27)10-17(28)23-13-5-3-6-14(9-13)24-18(29)16-7-4-8-30-16/h3-9H,10H2,1-2H3,(H2,21,26)(H,23,28)(H,24,29). The van der Waals surface area contributed by atoms with Gasteiger partial charge in [0, 0.05) is 28.3 Å². The number of fused-ring (bicyclic) bond motifs is 1. The lowest BCUT2D eigenvalue weighted by Crippen LogP contribution is -2.18. The number of aryl methyl sites for hydroxylation is 2. The number of nitrogens with two attached hydrogens (primary N) is 1. The summed E-state index contributed by atoms with van der Waals surface area (Å²) >= 11 is 1.36. The van der Waals surface area contributed by atoms with Crippen molar-refractivity contribution in [3.05, 3.63) is 63.6 Å². The van der Waals surface area contributed by atoms with Gasteiger partial charge in [-0.15, -0.1) is 16.4 Å². The molecule has 0 atom stereocenters. The molecule has 0 saturated heterocycles. The normalized spacial score (nSPS) is 10.9. The third-order valence-corrected chi connectivity index (χ3v) is 5.42. The molecule has 0 aliphatic rings. The van der Waals surface area contributed by atoms with Gasteiger partial charge in [-0.25, -0.2) is 4.98 Å². The van der Waals surface area contributed by atoms with Gasteiger partial charge >= 0.3 is 0 Å². The molecule has 2 amide bonds. The topological polar surface area (TPSA) is 127 Å². The molecule has 0 bridgehead atoms. The van der Waals surface area contributed by atoms with E-state index < -0.39 is 0 Å². The summed E-state index contributed by atoms with van der Waals surface area (Å²) in [7, 11) is 0. The molecule has 0 unspecified atom stereocenters. The summed E-state index contributed by atoms with van der Waals surface area (Å²) in [4.78, 5) is 33.9. The molecule has 0 spiro atoms. The number of thiophene rings is 1. The Labute approximate surface area is 176 Å². The Morgan fingerprint density at radius 3 is 2.60 bits per heavy atom. The van der Waals surface area contributed by atoms with Crippen molar-refractivity contribution in [2.24, 2.45) is 0 Å². The zero-order valence-electron chi connectivity index (χ0n) is 16.3. The molecule has 4 rings (SSSR count). The monoisotopic (exact) mass is 421 g/mol. The molecule has 0 radical (unpaired) electrons. The van der Waals surface area contributed by atoms with E-state index in [1.165, 1.54) is 15.9 Å². The molecule has 0 aliphatic carbocycles. The first-order valence-electron chi connectivity index (χ1n) is 9.14. The molecule has 30 heavy (non-hydrogen) atoms. The summed E-state index contributed by atoms with van der Waals surface area (Å²) in [5.41, 5.74) is 9.04. The Balaban J connectivity index is 1.48. The molecule has 4 aromatic rings. The van der Waals surface area contributed by atoms with E-state index in [-0.39, 0.29) is 24.2 Å². The van der Waals surface area contributed by atoms with E-state index in [1.54, 1.807) is 30.3 Å². The maximum absolute atomic E-state index is 12.7. The van der Waals surface area contributed by atoms with Crippen LogP contribution in [0.15, 0.2) is 41.8 Å². The van der Waals surface area contributed by atoms with E-state index in [1.807, 2.05) is 25.3 Å². The van der Waals surface area contributed by atoms with Crippen molar-refractivity contribution >= 4 is 46.3 Å². The average Bonchev–Trinajstić information content (AvgIpc) is 3.35. The molecule has 10 heteroatoms. The molecular formula is C20H19N7O2S. The summed E-state index contributed by atoms with van der Waals surface area (Å²) in [6.07, 6.45) is 0.117. The lowest BCUT2D eigenvalue weighted by molar-refractivity contribution is -0.115. The van der Waals surface area contributed by atoms with E-state index in [0.29, 0.717) is 27.7 Å². The largest absolute Gasteiger partial charge is 0.366 e. The van der Waals surface area contributed by atoms with Crippen LogP contribution >= 0.6 is 11.3 Å². The number of carbonyl (C=O) groups excluding carboxylic acids is 2. The first-order chi connectivity index (χ1) is 14.4. The van der Waals surface area contributed by atoms with Crippen molar-refractivity contribution in [3.63, 3.8) is 0 Å². The van der Waals surface area contributed by atoms with Crippen LogP contribution in [-0.2, 0) is 11.2 Å². The van der Waals surface area contributed by atoms with Crippen LogP contribution in [0.3, 0.4) is 0 Å². The second-order valence-corrected chi connectivity index (χ2v) is 7.63. The number of hydrogen-bond donors (Lipinski definition) is 3. The van der Waals surface area contributed by atoms with Crippen molar-refractivity contribution in [1.29, 1.82) is 0 Å². The molecule has 152 valence electrons. The second kappa shape index (κ2) is 7.91. The third-order valence-electron chi connectivity index (χ3n) is 4.55. The molecule has 9 nitrogen and oxygen atoms in total. The van der Waals surface area contributed by atoms with E-state index in [2.05, 4.69) is 25.7 Å². The fourth-order valence-electron chi connectivity index (χ4n) is 3.12. The minimum absolute atomic E-state index is 0.117. The fraction of sp³-hybridized carbons (Fsp3) is 0.150. The number of nitrogen functional groups attached to an aromatic ring is 1. The first kappa shape index (κ1) is 19.5. The Morgan fingerprint density at radius 1 is 1.10 bits per heavy atom. The van der Waals surface area contributed by atoms with Gasteiger partial charge in [-0.05, 0) is 43.5 Å². The van der Waals surface area contributed by atoms with Gasteiger partial charge in [-0.3, -0.25) is 9.59 Å². The highest BCUT2D eigenvalue weighted by Gasteiger charge is 2.16. The molecule has 3 aromatic heterocycles. The van der Waals surface area contributed by atoms with Crippen molar-refractivity contribution in [2.75, 3.05) is 16.4 Å². The van der Waals surface area contributed by atoms with Crippen LogP contribution in [0.1, 0.15) is 26.6 Å². The zero-order chi connectivity index (χ0) is 21.3. The Morgan fingerprint density at radius 2 is 1.87 bits per heavy atom. The predicted molar refractivity (Wildman–Crippen MR) is 116 cm³/mol. The van der Waals surface area contributed by atoms with Crippen LogP contribution in [0, 0.1) is 13.8 Å². The Hall–Kier alpha value is -3.79. The minimum Gasteiger partial charge on any atom is -0.366 e. The zero-order valence-corrected chi connectivity index (χ0v) is 17.2. The van der Waals surface area contributed by atoms with Crippen LogP contribution in [-0.4, -0.2) is 31.4 Å². The number of hydrogen-bond acceptors (Lipinski definition) is 7. The van der Waals surface area contributed by atoms with Crippen LogP contribution < -0.4 is 16.4 Å². The smallest absolute Gasteiger partial charge is 0.265 e. The van der Waals surface area contributed by atoms with Crippen molar-refractivity contribution in [1.82, 2.24) is 19.6 Å². The van der Waals surface area contributed by atoms with Crippen molar-refractivity contribution in [3.8, 4) is 0 Å². The number of carbonyl (C=O) groups is 2. The molecule has 4 N–H and O–H groups in total. The fourth-order valence-corrected chi connectivity index (χ4v) is 3.74. The predicted octanol–water partition coefficient (Wildman–Crippen LogP) is 2.82. The van der Waals surface area contributed by atoms with Crippen LogP contribution in [0.4, 0.5) is 17.3 Å². The molecular weight excluding hydrogens is 402 g/mol. The highest BCUT2D eigenvalue weighted by Crippen LogP contribution is 2.19. The summed E-state index contributed by atoms with van der Waals surface area (Å²) in [6.45, 7) is 3.67. The third kappa shape index (κ3) is 3.98. The summed E-state index contributed by atoms with van der Waals surface area (Å²) in [5.74, 6) is 0.136. The first-order valence-corrected chi connectivity index (χ1v) is 10.0. The van der Waals surface area contributed by atoms with E-state index in [9.17, 15) is 9.59 Å². The molecule has 0 aliphatic heterocycles. The van der Waals surface area contributed by atoms with E-state index in [0.717, 1.165) is 11.3 Å². The number of amides is 2. The van der Waals surface area contributed by atoms with Gasteiger partial charge in [0.25, 0.3) is 11.7 Å². The number of benzene rings is 1. The van der Waals surface area contributed by atoms with E-state index in [4.69, 9.17) is 5.73 Å². The second-order valence-electron chi connectivity index (χ2n) is 6.68. The number of nitrogens with zero attached hydrogens (tertiary/aromatic N) is 4. The lowest BCUT2D eigenvalue weighted by atomic mass is 10.1. The summed E-state index contributed by atoms with van der Waals surface area (Å²) < 4.78 is 1.53. The van der Waals surface area contributed by atoms with Gasteiger partial charge in [0.2, 0.25) is 11.9 Å². The average molecular weight is 421 g/mol. The Kier molecular flexibility index (Phi) is 5.15. The molecule has 3 heterocycles. The van der Waals surface area contributed by atoms with Crippen molar-refractivity contribution in [2.45, 2.75) is 20.3 Å². The van der Waals surface area contributed by atoms with Crippen LogP contribution in [0.5, 0.6) is 0 Å². The molecule has 0 fully saturated rings. The van der Waals surface area contributed by atoms with Crippen LogP contribution in [0.2, 0.25) is 0 Å². The van der Waals surface area contributed by atoms with Gasteiger partial charge < -0.3 is 16.4 Å². The summed E-state index contributed by atoms with van der Waals surface area (Å²) in [5, 5.41) is 11.6. The van der Waals surface area contributed by atoms with Gasteiger partial charge in [-0.2, -0.15) is 9.50 Å². The van der Waals surface area contributed by atoms with Gasteiger partial charge in [0.05, 0.1) is 11.3 Å². The maximum Gasteiger partial charge on any atom is 0.265 e. The van der Waals surface area contributed by atoms with Gasteiger partial charge in [-0.1, -0.05) is 12.1 Å². The highest BCUT2D eigenvalue weighted by atomic mass is 32.1. The number of anilines is 3. The van der Waals surface area contributed by atoms with Gasteiger partial charge in [0.15, 0.2) is 0 Å². The maximum atomic E-state index is 12.7. The summed E-state index contributed by atoms with van der Waals surface area (Å²) in [6, 6.07) is 10.6. The SMILES string of the molecule is Cc1nc2nc(N)nn2c(C)c1CC(=O)Nc1cccc(NC(=O)c2cccs2)c1. The number of rotatable bonds is 5. The quantitative estimate of drug-likeness (QED) is 0.455.